The van der Waals surface area contributed by atoms with Crippen molar-refractivity contribution in [1.29, 1.82) is 0 Å². The monoisotopic (exact) mass is 287 g/mol. The average Bonchev–Trinajstić information content (AvgIpc) is 2.86. The molecule has 3 aromatic rings. The Morgan fingerprint density at radius 3 is 2.70 bits per heavy atom. The number of nitrogens with zero attached hydrogens (tertiary/aromatic N) is 3. The molecule has 20 heavy (non-hydrogen) atoms. The summed E-state index contributed by atoms with van der Waals surface area (Å²) in [7, 11) is 1.66. The molecule has 0 aliphatic rings. The van der Waals surface area contributed by atoms with E-state index in [0.717, 1.165) is 29.2 Å². The fraction of sp³-hybridized carbons (Fsp3) is 0.200. The minimum atomic E-state index is 0.380. The first-order chi connectivity index (χ1) is 9.81. The van der Waals surface area contributed by atoms with Crippen molar-refractivity contribution in [1.82, 2.24) is 14.5 Å². The zero-order chi connectivity index (χ0) is 13.9. The van der Waals surface area contributed by atoms with Crippen LogP contribution in [0.15, 0.2) is 42.7 Å². The summed E-state index contributed by atoms with van der Waals surface area (Å²) in [6.45, 7) is 0.729. The zero-order valence-electron chi connectivity index (χ0n) is 11.1. The molecule has 0 spiro atoms. The van der Waals surface area contributed by atoms with Crippen LogP contribution in [0.5, 0.6) is 5.75 Å². The molecule has 102 valence electrons. The Kier molecular flexibility index (Phi) is 3.56. The lowest BCUT2D eigenvalue weighted by Gasteiger charge is -2.08. The first kappa shape index (κ1) is 12.9. The Morgan fingerprint density at radius 1 is 1.20 bits per heavy atom. The fourth-order valence-electron chi connectivity index (χ4n) is 2.22. The summed E-state index contributed by atoms with van der Waals surface area (Å²) in [6.07, 6.45) is 3.53. The largest absolute Gasteiger partial charge is 0.497 e. The number of hydrogen-bond acceptors (Lipinski definition) is 3. The van der Waals surface area contributed by atoms with Crippen LogP contribution in [0.3, 0.4) is 0 Å². The quantitative estimate of drug-likeness (QED) is 0.692. The normalized spacial score (nSPS) is 10.9. The van der Waals surface area contributed by atoms with Gasteiger partial charge in [0, 0.05) is 12.7 Å². The second-order valence-corrected chi connectivity index (χ2v) is 4.73. The van der Waals surface area contributed by atoms with Crippen molar-refractivity contribution < 1.29 is 4.74 Å². The van der Waals surface area contributed by atoms with Crippen LogP contribution >= 0.6 is 11.6 Å². The molecule has 2 heterocycles. The summed E-state index contributed by atoms with van der Waals surface area (Å²) in [6, 6.07) is 9.96. The van der Waals surface area contributed by atoms with Crippen LogP contribution in [0.25, 0.3) is 11.0 Å². The summed E-state index contributed by atoms with van der Waals surface area (Å²) < 4.78 is 7.29. The second kappa shape index (κ2) is 5.51. The van der Waals surface area contributed by atoms with Crippen molar-refractivity contribution in [3.63, 3.8) is 0 Å². The van der Waals surface area contributed by atoms with Crippen LogP contribution in [-0.4, -0.2) is 21.6 Å². The molecule has 0 radical (unpaired) electrons. The molecule has 0 atom stereocenters. The predicted molar refractivity (Wildman–Crippen MR) is 79.2 cm³/mol. The van der Waals surface area contributed by atoms with Gasteiger partial charge in [0.2, 0.25) is 0 Å². The molecule has 0 saturated heterocycles. The minimum absolute atomic E-state index is 0.380. The summed E-state index contributed by atoms with van der Waals surface area (Å²) in [5, 5.41) is 0. The lowest BCUT2D eigenvalue weighted by molar-refractivity contribution is 0.414. The van der Waals surface area contributed by atoms with Crippen LogP contribution in [0.4, 0.5) is 0 Å². The van der Waals surface area contributed by atoms with Gasteiger partial charge in [-0.2, -0.15) is 0 Å². The molecule has 4 nitrogen and oxygen atoms in total. The molecule has 0 aliphatic carbocycles. The smallest absolute Gasteiger partial charge is 0.125 e. The summed E-state index contributed by atoms with van der Waals surface area (Å²) >= 11 is 5.99. The highest BCUT2D eigenvalue weighted by Crippen LogP contribution is 2.19. The molecule has 2 aromatic heterocycles. The maximum absolute atomic E-state index is 5.99. The lowest BCUT2D eigenvalue weighted by Crippen LogP contribution is -2.03. The average molecular weight is 288 g/mol. The number of alkyl halides is 1. The molecule has 0 amide bonds. The number of halogens is 1. The fourth-order valence-corrected chi connectivity index (χ4v) is 2.43. The molecule has 0 unspecified atom stereocenters. The van der Waals surface area contributed by atoms with Gasteiger partial charge in [0.1, 0.15) is 17.1 Å². The zero-order valence-corrected chi connectivity index (χ0v) is 11.8. The Morgan fingerprint density at radius 2 is 2.00 bits per heavy atom. The van der Waals surface area contributed by atoms with Crippen molar-refractivity contribution >= 4 is 22.6 Å². The van der Waals surface area contributed by atoms with Crippen molar-refractivity contribution in [3.05, 3.63) is 54.1 Å². The first-order valence-electron chi connectivity index (χ1n) is 6.30. The third-order valence-electron chi connectivity index (χ3n) is 3.25. The van der Waals surface area contributed by atoms with E-state index in [1.165, 1.54) is 5.56 Å². The Balaban J connectivity index is 2.00. The predicted octanol–water partition coefficient (Wildman–Crippen LogP) is 3.23. The molecular formula is C15H14ClN3O. The van der Waals surface area contributed by atoms with Gasteiger partial charge in [0.15, 0.2) is 0 Å². The van der Waals surface area contributed by atoms with Crippen LogP contribution in [-0.2, 0) is 12.4 Å². The van der Waals surface area contributed by atoms with Crippen LogP contribution in [0.2, 0.25) is 0 Å². The second-order valence-electron chi connectivity index (χ2n) is 4.46. The van der Waals surface area contributed by atoms with E-state index in [9.17, 15) is 0 Å². The number of benzene rings is 1. The van der Waals surface area contributed by atoms with Gasteiger partial charge in [0.25, 0.3) is 0 Å². The Bertz CT molecular complexity index is 722. The first-order valence-corrected chi connectivity index (χ1v) is 6.83. The maximum Gasteiger partial charge on any atom is 0.125 e. The topological polar surface area (TPSA) is 39.9 Å². The van der Waals surface area contributed by atoms with Gasteiger partial charge >= 0.3 is 0 Å². The highest BCUT2D eigenvalue weighted by atomic mass is 35.5. The van der Waals surface area contributed by atoms with E-state index in [4.69, 9.17) is 16.3 Å². The van der Waals surface area contributed by atoms with E-state index in [1.54, 1.807) is 19.5 Å². The molecule has 1 aromatic carbocycles. The number of fused-ring (bicyclic) bond motifs is 1. The number of aromatic nitrogens is 3. The summed E-state index contributed by atoms with van der Waals surface area (Å²) in [5.41, 5.74) is 3.09. The molecule has 3 rings (SSSR count). The van der Waals surface area contributed by atoms with Gasteiger partial charge in [-0.1, -0.05) is 12.1 Å². The Hall–Kier alpha value is -2.07. The summed E-state index contributed by atoms with van der Waals surface area (Å²) in [5.74, 6) is 2.08. The number of ether oxygens (including phenoxy) is 1. The van der Waals surface area contributed by atoms with Crippen LogP contribution in [0, 0.1) is 0 Å². The maximum atomic E-state index is 5.99. The summed E-state index contributed by atoms with van der Waals surface area (Å²) in [4.78, 5) is 8.60. The minimum Gasteiger partial charge on any atom is -0.497 e. The molecular weight excluding hydrogens is 274 g/mol. The molecule has 0 saturated carbocycles. The third-order valence-corrected chi connectivity index (χ3v) is 3.49. The lowest BCUT2D eigenvalue weighted by atomic mass is 10.2. The molecule has 0 N–H and O–H groups in total. The van der Waals surface area contributed by atoms with E-state index in [-0.39, 0.29) is 0 Å². The van der Waals surface area contributed by atoms with E-state index in [0.29, 0.717) is 5.88 Å². The van der Waals surface area contributed by atoms with E-state index in [2.05, 4.69) is 14.5 Å². The number of imidazole rings is 1. The SMILES string of the molecule is COc1ccc(Cn2c(CCl)nc3cnccc32)cc1. The van der Waals surface area contributed by atoms with E-state index >= 15 is 0 Å². The standard InChI is InChI=1S/C15H14ClN3O/c1-20-12-4-2-11(3-5-12)10-19-14-6-7-17-9-13(14)18-15(19)8-16/h2-7,9H,8,10H2,1H3. The van der Waals surface area contributed by atoms with E-state index in [1.807, 2.05) is 30.3 Å². The van der Waals surface area contributed by atoms with Crippen LogP contribution < -0.4 is 4.74 Å². The number of rotatable bonds is 4. The van der Waals surface area contributed by atoms with Gasteiger partial charge in [-0.15, -0.1) is 11.6 Å². The van der Waals surface area contributed by atoms with Gasteiger partial charge in [0.05, 0.1) is 24.7 Å². The van der Waals surface area contributed by atoms with Crippen LogP contribution in [0.1, 0.15) is 11.4 Å². The van der Waals surface area contributed by atoms with Crippen molar-refractivity contribution in [2.75, 3.05) is 7.11 Å². The Labute approximate surface area is 122 Å². The third kappa shape index (κ3) is 2.34. The molecule has 0 fully saturated rings. The molecule has 0 aliphatic heterocycles. The van der Waals surface area contributed by atoms with Crippen molar-refractivity contribution in [3.8, 4) is 5.75 Å². The van der Waals surface area contributed by atoms with Crippen molar-refractivity contribution in [2.24, 2.45) is 0 Å². The van der Waals surface area contributed by atoms with Gasteiger partial charge < -0.3 is 9.30 Å². The molecule has 5 heteroatoms. The number of pyridine rings is 1. The number of methoxy groups -OCH3 is 1. The highest BCUT2D eigenvalue weighted by molar-refractivity contribution is 6.16. The highest BCUT2D eigenvalue weighted by Gasteiger charge is 2.10. The van der Waals surface area contributed by atoms with Crippen molar-refractivity contribution in [2.45, 2.75) is 12.4 Å². The van der Waals surface area contributed by atoms with Gasteiger partial charge in [-0.05, 0) is 23.8 Å². The number of hydrogen-bond donors (Lipinski definition) is 0. The van der Waals surface area contributed by atoms with Gasteiger partial charge in [-0.3, -0.25) is 4.98 Å². The van der Waals surface area contributed by atoms with E-state index < -0.39 is 0 Å². The molecule has 0 bridgehead atoms. The van der Waals surface area contributed by atoms with Gasteiger partial charge in [-0.25, -0.2) is 4.98 Å².